The van der Waals surface area contributed by atoms with Gasteiger partial charge in [0, 0.05) is 39.9 Å². The van der Waals surface area contributed by atoms with Crippen LogP contribution in [0, 0.1) is 20.8 Å². The molecule has 0 unspecified atom stereocenters. The molecular weight excluding hydrogens is 374 g/mol. The molecule has 0 aliphatic rings. The minimum Gasteiger partial charge on any atom is -0.318 e. The second-order valence-electron chi connectivity index (χ2n) is 7.23. The highest BCUT2D eigenvalue weighted by Crippen LogP contribution is 2.23. The van der Waals surface area contributed by atoms with Gasteiger partial charge in [-0.25, -0.2) is 10.2 Å². The Kier molecular flexibility index (Phi) is 5.30. The summed E-state index contributed by atoms with van der Waals surface area (Å²) in [5.41, 5.74) is 9.47. The number of aryl methyl sites for hydroxylation is 2. The third-order valence-corrected chi connectivity index (χ3v) is 4.99. The van der Waals surface area contributed by atoms with Crippen LogP contribution in [0.4, 0.5) is 10.5 Å². The number of amides is 2. The highest BCUT2D eigenvalue weighted by molar-refractivity contribution is 5.90. The fourth-order valence-corrected chi connectivity index (χ4v) is 3.47. The number of aromatic nitrogens is 2. The first-order chi connectivity index (χ1) is 14.5. The first-order valence-corrected chi connectivity index (χ1v) is 9.72. The summed E-state index contributed by atoms with van der Waals surface area (Å²) >= 11 is 0. The topological polar surface area (TPSA) is 71.3 Å². The van der Waals surface area contributed by atoms with E-state index in [1.54, 1.807) is 12.4 Å². The standard InChI is InChI=1S/C24H23N5O/c1-16-6-8-21(9-7-16)27-24(30)28-26-15-20-13-17(2)29(18(20)3)22-10-11-23-19(14-22)5-4-12-25-23/h4-15H,1-3H3,(H2,27,28,30)/b26-15+. The molecule has 2 amide bonds. The molecule has 4 rings (SSSR count). The van der Waals surface area contributed by atoms with E-state index in [2.05, 4.69) is 50.5 Å². The molecule has 6 heteroatoms. The SMILES string of the molecule is Cc1ccc(NC(=O)N/N=C/c2cc(C)n(-c3ccc4ncccc4c3)c2C)cc1. The monoisotopic (exact) mass is 397 g/mol. The molecule has 0 saturated heterocycles. The third kappa shape index (κ3) is 4.07. The summed E-state index contributed by atoms with van der Waals surface area (Å²) in [5, 5.41) is 7.95. The van der Waals surface area contributed by atoms with Crippen molar-refractivity contribution >= 4 is 28.8 Å². The van der Waals surface area contributed by atoms with Crippen LogP contribution >= 0.6 is 0 Å². The van der Waals surface area contributed by atoms with Gasteiger partial charge in [-0.15, -0.1) is 0 Å². The van der Waals surface area contributed by atoms with Crippen molar-refractivity contribution in [3.8, 4) is 5.69 Å². The predicted molar refractivity (Wildman–Crippen MR) is 121 cm³/mol. The second kappa shape index (κ2) is 8.21. The molecule has 0 spiro atoms. The lowest BCUT2D eigenvalue weighted by atomic mass is 10.2. The van der Waals surface area contributed by atoms with Gasteiger partial charge in [-0.05, 0) is 63.2 Å². The fraction of sp³-hybridized carbons (Fsp3) is 0.125. The maximum atomic E-state index is 12.0. The summed E-state index contributed by atoms with van der Waals surface area (Å²) in [6.45, 7) is 6.09. The van der Waals surface area contributed by atoms with Crippen LogP contribution in [0.2, 0.25) is 0 Å². The molecule has 4 aromatic rings. The fourth-order valence-electron chi connectivity index (χ4n) is 3.47. The van der Waals surface area contributed by atoms with Crippen molar-refractivity contribution in [1.82, 2.24) is 15.0 Å². The van der Waals surface area contributed by atoms with Crippen LogP contribution in [0.15, 0.2) is 72.0 Å². The van der Waals surface area contributed by atoms with E-state index in [1.165, 1.54) is 0 Å². The normalized spacial score (nSPS) is 11.2. The average Bonchev–Trinajstić information content (AvgIpc) is 3.02. The quantitative estimate of drug-likeness (QED) is 0.371. The Morgan fingerprint density at radius 3 is 2.63 bits per heavy atom. The van der Waals surface area contributed by atoms with Crippen LogP contribution in [-0.2, 0) is 0 Å². The number of urea groups is 1. The third-order valence-electron chi connectivity index (χ3n) is 4.99. The highest BCUT2D eigenvalue weighted by Gasteiger charge is 2.10. The lowest BCUT2D eigenvalue weighted by molar-refractivity contribution is 0.252. The van der Waals surface area contributed by atoms with Crippen molar-refractivity contribution in [2.45, 2.75) is 20.8 Å². The number of pyridine rings is 1. The number of carbonyl (C=O) groups excluding carboxylic acids is 1. The van der Waals surface area contributed by atoms with Crippen LogP contribution in [0.25, 0.3) is 16.6 Å². The Labute approximate surface area is 175 Å². The zero-order chi connectivity index (χ0) is 21.1. The molecular formula is C24H23N5O. The lowest BCUT2D eigenvalue weighted by Gasteiger charge is -2.10. The molecule has 2 aromatic carbocycles. The number of hydrogen-bond acceptors (Lipinski definition) is 3. The van der Waals surface area contributed by atoms with Crippen molar-refractivity contribution < 1.29 is 4.79 Å². The number of hydrazone groups is 1. The van der Waals surface area contributed by atoms with Gasteiger partial charge in [0.2, 0.25) is 0 Å². The largest absolute Gasteiger partial charge is 0.339 e. The van der Waals surface area contributed by atoms with Crippen molar-refractivity contribution in [3.05, 3.63) is 89.4 Å². The van der Waals surface area contributed by atoms with Gasteiger partial charge in [-0.2, -0.15) is 5.10 Å². The van der Waals surface area contributed by atoms with Crippen LogP contribution in [-0.4, -0.2) is 21.8 Å². The van der Waals surface area contributed by atoms with Gasteiger partial charge in [-0.1, -0.05) is 23.8 Å². The van der Waals surface area contributed by atoms with Crippen molar-refractivity contribution in [1.29, 1.82) is 0 Å². The number of carbonyl (C=O) groups is 1. The smallest absolute Gasteiger partial charge is 0.318 e. The molecule has 0 aliphatic heterocycles. The highest BCUT2D eigenvalue weighted by atomic mass is 16.2. The van der Waals surface area contributed by atoms with Crippen LogP contribution in [0.5, 0.6) is 0 Å². The summed E-state index contributed by atoms with van der Waals surface area (Å²) < 4.78 is 2.17. The van der Waals surface area contributed by atoms with E-state index in [0.717, 1.165) is 44.8 Å². The van der Waals surface area contributed by atoms with E-state index in [1.807, 2.05) is 56.3 Å². The molecule has 2 heterocycles. The first-order valence-electron chi connectivity index (χ1n) is 9.72. The van der Waals surface area contributed by atoms with E-state index < -0.39 is 0 Å². The minimum atomic E-state index is -0.383. The summed E-state index contributed by atoms with van der Waals surface area (Å²) in [7, 11) is 0. The molecule has 2 N–H and O–H groups in total. The molecule has 0 fully saturated rings. The molecule has 0 aliphatic carbocycles. The number of anilines is 1. The Balaban J connectivity index is 1.50. The lowest BCUT2D eigenvalue weighted by Crippen LogP contribution is -2.24. The molecule has 0 bridgehead atoms. The Morgan fingerprint density at radius 2 is 1.83 bits per heavy atom. The Bertz CT molecular complexity index is 1240. The summed E-state index contributed by atoms with van der Waals surface area (Å²) in [5.74, 6) is 0. The number of nitrogens with one attached hydrogen (secondary N) is 2. The van der Waals surface area contributed by atoms with Crippen molar-refractivity contribution in [2.24, 2.45) is 5.10 Å². The van der Waals surface area contributed by atoms with Gasteiger partial charge in [0.25, 0.3) is 0 Å². The summed E-state index contributed by atoms with van der Waals surface area (Å²) in [6.07, 6.45) is 3.46. The van der Waals surface area contributed by atoms with Crippen LogP contribution in [0.1, 0.15) is 22.5 Å². The molecule has 30 heavy (non-hydrogen) atoms. The van der Waals surface area contributed by atoms with Gasteiger partial charge in [0.1, 0.15) is 0 Å². The van der Waals surface area contributed by atoms with Gasteiger partial charge >= 0.3 is 6.03 Å². The van der Waals surface area contributed by atoms with Gasteiger partial charge in [-0.3, -0.25) is 4.98 Å². The summed E-state index contributed by atoms with van der Waals surface area (Å²) in [6, 6.07) is 19.4. The zero-order valence-corrected chi connectivity index (χ0v) is 17.2. The molecule has 0 saturated carbocycles. The maximum absolute atomic E-state index is 12.0. The van der Waals surface area contributed by atoms with Crippen molar-refractivity contribution in [2.75, 3.05) is 5.32 Å². The molecule has 150 valence electrons. The second-order valence-corrected chi connectivity index (χ2v) is 7.23. The maximum Gasteiger partial charge on any atom is 0.339 e. The average molecular weight is 397 g/mol. The van der Waals surface area contributed by atoms with Crippen LogP contribution in [0.3, 0.4) is 0 Å². The van der Waals surface area contributed by atoms with Gasteiger partial charge in [0.15, 0.2) is 0 Å². The Hall–Kier alpha value is -3.93. The zero-order valence-electron chi connectivity index (χ0n) is 17.2. The van der Waals surface area contributed by atoms with E-state index in [0.29, 0.717) is 0 Å². The Morgan fingerprint density at radius 1 is 1.03 bits per heavy atom. The number of rotatable bonds is 4. The van der Waals surface area contributed by atoms with Gasteiger partial charge in [0.05, 0.1) is 11.7 Å². The van der Waals surface area contributed by atoms with Crippen molar-refractivity contribution in [3.63, 3.8) is 0 Å². The number of hydrogen-bond donors (Lipinski definition) is 2. The van der Waals surface area contributed by atoms with Gasteiger partial charge < -0.3 is 9.88 Å². The van der Waals surface area contributed by atoms with E-state index >= 15 is 0 Å². The van der Waals surface area contributed by atoms with E-state index in [9.17, 15) is 4.79 Å². The number of nitrogens with zero attached hydrogens (tertiary/aromatic N) is 3. The molecule has 2 aromatic heterocycles. The molecule has 6 nitrogen and oxygen atoms in total. The number of fused-ring (bicyclic) bond motifs is 1. The predicted octanol–water partition coefficient (Wildman–Crippen LogP) is 5.11. The van der Waals surface area contributed by atoms with E-state index in [4.69, 9.17) is 0 Å². The van der Waals surface area contributed by atoms with E-state index in [-0.39, 0.29) is 6.03 Å². The molecule has 0 atom stereocenters. The molecule has 0 radical (unpaired) electrons. The van der Waals surface area contributed by atoms with Crippen LogP contribution < -0.4 is 10.7 Å². The first kappa shape index (κ1) is 19.4. The summed E-state index contributed by atoms with van der Waals surface area (Å²) in [4.78, 5) is 16.4. The minimum absolute atomic E-state index is 0.383. The number of benzene rings is 2.